The van der Waals surface area contributed by atoms with Crippen molar-refractivity contribution < 1.29 is 4.79 Å². The van der Waals surface area contributed by atoms with Crippen molar-refractivity contribution in [3.63, 3.8) is 0 Å². The van der Waals surface area contributed by atoms with Crippen LogP contribution >= 0.6 is 24.8 Å². The molecule has 0 unspecified atom stereocenters. The summed E-state index contributed by atoms with van der Waals surface area (Å²) in [7, 11) is 0. The highest BCUT2D eigenvalue weighted by atomic mass is 35.5. The van der Waals surface area contributed by atoms with Crippen LogP contribution in [0.2, 0.25) is 0 Å². The number of aromatic nitrogens is 2. The number of carbonyl (C=O) groups is 1. The van der Waals surface area contributed by atoms with Crippen molar-refractivity contribution in [2.24, 2.45) is 0 Å². The van der Waals surface area contributed by atoms with E-state index in [1.165, 1.54) is 12.2 Å². The summed E-state index contributed by atoms with van der Waals surface area (Å²) in [5.41, 5.74) is 1.81. The number of halogens is 2. The third kappa shape index (κ3) is 6.27. The molecule has 0 saturated heterocycles. The average molecular weight is 309 g/mol. The van der Waals surface area contributed by atoms with Crippen molar-refractivity contribution >= 4 is 42.7 Å². The molecule has 0 aliphatic rings. The Morgan fingerprint density at radius 2 is 1.30 bits per heavy atom. The van der Waals surface area contributed by atoms with Gasteiger partial charge in [0.05, 0.1) is 0 Å². The number of carbonyl (C=O) groups excluding carboxylic acids is 1. The van der Waals surface area contributed by atoms with Crippen LogP contribution in [0, 0.1) is 0 Å². The van der Waals surface area contributed by atoms with E-state index in [1.807, 2.05) is 24.3 Å². The molecule has 104 valence electrons. The number of hydrogen-bond acceptors (Lipinski definition) is 3. The van der Waals surface area contributed by atoms with E-state index in [1.54, 1.807) is 36.9 Å². The normalized spacial score (nSPS) is 10.0. The molecule has 0 aliphatic heterocycles. The van der Waals surface area contributed by atoms with Crippen LogP contribution in [0.1, 0.15) is 11.1 Å². The molecule has 2 aromatic rings. The van der Waals surface area contributed by atoms with E-state index in [-0.39, 0.29) is 30.6 Å². The van der Waals surface area contributed by atoms with Gasteiger partial charge >= 0.3 is 0 Å². The van der Waals surface area contributed by atoms with E-state index in [0.717, 1.165) is 11.1 Å². The predicted octanol–water partition coefficient (Wildman–Crippen LogP) is 3.62. The van der Waals surface area contributed by atoms with Crippen LogP contribution in [0.5, 0.6) is 0 Å². The Balaban J connectivity index is 0.00000180. The number of ketones is 1. The first-order valence-corrected chi connectivity index (χ1v) is 5.55. The lowest BCUT2D eigenvalue weighted by Crippen LogP contribution is -1.85. The van der Waals surface area contributed by atoms with Crippen LogP contribution in [0.15, 0.2) is 61.2 Å². The SMILES string of the molecule is Cl.Cl.O=C(/C=C/c1cccnc1)/C=C/c1cccnc1. The number of nitrogens with zero attached hydrogens (tertiary/aromatic N) is 2. The van der Waals surface area contributed by atoms with Gasteiger partial charge in [-0.1, -0.05) is 12.1 Å². The highest BCUT2D eigenvalue weighted by molar-refractivity contribution is 6.04. The largest absolute Gasteiger partial charge is 0.290 e. The zero-order valence-electron chi connectivity index (χ0n) is 10.5. The van der Waals surface area contributed by atoms with Gasteiger partial charge in [-0.2, -0.15) is 0 Å². The Morgan fingerprint density at radius 1 is 0.850 bits per heavy atom. The highest BCUT2D eigenvalue weighted by Gasteiger charge is 1.90. The van der Waals surface area contributed by atoms with Gasteiger partial charge in [0.2, 0.25) is 0 Å². The zero-order chi connectivity index (χ0) is 12.6. The Bertz CT molecular complexity index is 517. The van der Waals surface area contributed by atoms with E-state index in [9.17, 15) is 4.79 Å². The molecule has 0 amide bonds. The second-order valence-electron chi connectivity index (χ2n) is 3.64. The van der Waals surface area contributed by atoms with Crippen molar-refractivity contribution in [3.05, 3.63) is 72.3 Å². The van der Waals surface area contributed by atoms with Crippen molar-refractivity contribution in [2.45, 2.75) is 0 Å². The van der Waals surface area contributed by atoms with Crippen LogP contribution < -0.4 is 0 Å². The third-order valence-corrected chi connectivity index (χ3v) is 2.25. The Kier molecular flexibility index (Phi) is 8.92. The molecular weight excluding hydrogens is 295 g/mol. The van der Waals surface area contributed by atoms with Gasteiger partial charge in [0.1, 0.15) is 0 Å². The fourth-order valence-electron chi connectivity index (χ4n) is 1.36. The first-order chi connectivity index (χ1) is 8.84. The topological polar surface area (TPSA) is 42.9 Å². The summed E-state index contributed by atoms with van der Waals surface area (Å²) in [4.78, 5) is 19.5. The van der Waals surface area contributed by atoms with Crippen molar-refractivity contribution in [3.8, 4) is 0 Å². The summed E-state index contributed by atoms with van der Waals surface area (Å²) in [6, 6.07) is 7.44. The van der Waals surface area contributed by atoms with Crippen molar-refractivity contribution in [1.29, 1.82) is 0 Å². The van der Waals surface area contributed by atoms with E-state index < -0.39 is 0 Å². The molecule has 0 spiro atoms. The zero-order valence-corrected chi connectivity index (χ0v) is 12.2. The van der Waals surface area contributed by atoms with E-state index in [0.29, 0.717) is 0 Å². The maximum absolute atomic E-state index is 11.6. The molecule has 0 N–H and O–H groups in total. The summed E-state index contributed by atoms with van der Waals surface area (Å²) in [5.74, 6) is -0.0669. The lowest BCUT2D eigenvalue weighted by atomic mass is 10.2. The Morgan fingerprint density at radius 3 is 1.65 bits per heavy atom. The average Bonchev–Trinajstić information content (AvgIpc) is 2.45. The summed E-state index contributed by atoms with van der Waals surface area (Å²) >= 11 is 0. The maximum atomic E-state index is 11.6. The van der Waals surface area contributed by atoms with Gasteiger partial charge in [-0.15, -0.1) is 24.8 Å². The molecule has 2 rings (SSSR count). The van der Waals surface area contributed by atoms with Crippen molar-refractivity contribution in [1.82, 2.24) is 9.97 Å². The van der Waals surface area contributed by atoms with Gasteiger partial charge in [0.15, 0.2) is 5.78 Å². The minimum atomic E-state index is -0.0669. The smallest absolute Gasteiger partial charge is 0.178 e. The molecule has 3 nitrogen and oxygen atoms in total. The first kappa shape index (κ1) is 18.0. The van der Waals surface area contributed by atoms with Crippen LogP contribution in [-0.2, 0) is 4.79 Å². The minimum absolute atomic E-state index is 0. The summed E-state index contributed by atoms with van der Waals surface area (Å²) in [6.07, 6.45) is 13.3. The molecule has 0 aromatic carbocycles. The Hall–Kier alpha value is -1.97. The predicted molar refractivity (Wildman–Crippen MR) is 86.0 cm³/mol. The maximum Gasteiger partial charge on any atom is 0.178 e. The fraction of sp³-hybridized carbons (Fsp3) is 0. The minimum Gasteiger partial charge on any atom is -0.290 e. The molecule has 20 heavy (non-hydrogen) atoms. The Labute approximate surface area is 130 Å². The molecule has 0 radical (unpaired) electrons. The van der Waals surface area contributed by atoms with E-state index >= 15 is 0 Å². The summed E-state index contributed by atoms with van der Waals surface area (Å²) < 4.78 is 0. The molecule has 2 heterocycles. The van der Waals surface area contributed by atoms with Crippen LogP contribution in [0.25, 0.3) is 12.2 Å². The number of pyridine rings is 2. The highest BCUT2D eigenvalue weighted by Crippen LogP contribution is 2.01. The van der Waals surface area contributed by atoms with Gasteiger partial charge < -0.3 is 0 Å². The monoisotopic (exact) mass is 308 g/mol. The summed E-state index contributed by atoms with van der Waals surface area (Å²) in [5, 5.41) is 0. The molecule has 0 aliphatic carbocycles. The summed E-state index contributed by atoms with van der Waals surface area (Å²) in [6.45, 7) is 0. The number of hydrogen-bond donors (Lipinski definition) is 0. The second-order valence-corrected chi connectivity index (χ2v) is 3.64. The number of rotatable bonds is 4. The number of allylic oxidation sites excluding steroid dienone is 2. The van der Waals surface area contributed by atoms with Crippen LogP contribution in [-0.4, -0.2) is 15.8 Å². The lowest BCUT2D eigenvalue weighted by Gasteiger charge is -1.90. The standard InChI is InChI=1S/C15H12N2O.2ClH/c18-15(7-5-13-3-1-9-16-11-13)8-6-14-4-2-10-17-12-14;;/h1-12H;2*1H/b7-5+,8-6+;;. The molecule has 5 heteroatoms. The van der Waals surface area contributed by atoms with Gasteiger partial charge in [0, 0.05) is 24.8 Å². The van der Waals surface area contributed by atoms with Gasteiger partial charge in [-0.3, -0.25) is 14.8 Å². The second kappa shape index (κ2) is 9.89. The lowest BCUT2D eigenvalue weighted by molar-refractivity contribution is -0.110. The molecule has 0 atom stereocenters. The molecule has 0 bridgehead atoms. The third-order valence-electron chi connectivity index (χ3n) is 2.25. The van der Waals surface area contributed by atoms with Crippen molar-refractivity contribution in [2.75, 3.05) is 0 Å². The van der Waals surface area contributed by atoms with Crippen LogP contribution in [0.3, 0.4) is 0 Å². The molecule has 0 saturated carbocycles. The molecule has 0 fully saturated rings. The quantitative estimate of drug-likeness (QED) is 0.810. The van der Waals surface area contributed by atoms with E-state index in [2.05, 4.69) is 9.97 Å². The van der Waals surface area contributed by atoms with Gasteiger partial charge in [-0.25, -0.2) is 0 Å². The van der Waals surface area contributed by atoms with Gasteiger partial charge in [-0.05, 0) is 47.6 Å². The van der Waals surface area contributed by atoms with Gasteiger partial charge in [0.25, 0.3) is 0 Å². The fourth-order valence-corrected chi connectivity index (χ4v) is 1.36. The van der Waals surface area contributed by atoms with Crippen LogP contribution in [0.4, 0.5) is 0 Å². The van der Waals surface area contributed by atoms with E-state index in [4.69, 9.17) is 0 Å². The first-order valence-electron chi connectivity index (χ1n) is 5.55. The molecule has 2 aromatic heterocycles. The molecular formula is C15H14Cl2N2O.